The molecule has 130 valence electrons. The molecule has 1 aromatic carbocycles. The van der Waals surface area contributed by atoms with E-state index in [-0.39, 0.29) is 6.42 Å². The van der Waals surface area contributed by atoms with Crippen LogP contribution < -0.4 is 0 Å². The number of nitrogens with zero attached hydrogens (tertiary/aromatic N) is 2. The lowest BCUT2D eigenvalue weighted by molar-refractivity contribution is -0.396. The molecule has 24 heavy (non-hydrogen) atoms. The van der Waals surface area contributed by atoms with Gasteiger partial charge in [0.1, 0.15) is 0 Å². The predicted octanol–water partition coefficient (Wildman–Crippen LogP) is 2.60. The van der Waals surface area contributed by atoms with Crippen molar-refractivity contribution in [2.24, 2.45) is 5.92 Å². The van der Waals surface area contributed by atoms with Gasteiger partial charge < -0.3 is 5.11 Å². The van der Waals surface area contributed by atoms with Crippen molar-refractivity contribution < 1.29 is 28.9 Å². The SMILES string of the molecule is CCC(C(=O)O)(C(=O)C(C)C)c1cc(F)c([N+](=O)[O-])cc1[N+](=O)[O-]. The average Bonchev–Trinajstić information content (AvgIpc) is 2.47. The first-order valence-corrected chi connectivity index (χ1v) is 6.91. The van der Waals surface area contributed by atoms with Gasteiger partial charge in [-0.3, -0.25) is 29.8 Å². The van der Waals surface area contributed by atoms with Gasteiger partial charge in [-0.05, 0) is 12.5 Å². The Bertz CT molecular complexity index is 732. The maximum Gasteiger partial charge on any atom is 0.322 e. The van der Waals surface area contributed by atoms with E-state index in [2.05, 4.69) is 0 Å². The number of carboxylic acids is 1. The molecule has 1 N–H and O–H groups in total. The van der Waals surface area contributed by atoms with Crippen molar-refractivity contribution in [2.75, 3.05) is 0 Å². The van der Waals surface area contributed by atoms with E-state index < -0.39 is 55.7 Å². The second-order valence-corrected chi connectivity index (χ2v) is 5.42. The highest BCUT2D eigenvalue weighted by atomic mass is 19.1. The van der Waals surface area contributed by atoms with E-state index in [9.17, 15) is 39.3 Å². The topological polar surface area (TPSA) is 141 Å². The number of carbonyl (C=O) groups excluding carboxylic acids is 1. The minimum absolute atomic E-state index is 0.339. The average molecular weight is 342 g/mol. The number of ketones is 1. The summed E-state index contributed by atoms with van der Waals surface area (Å²) >= 11 is 0. The molecular formula is C14H15FN2O7. The second-order valence-electron chi connectivity index (χ2n) is 5.42. The van der Waals surface area contributed by atoms with Gasteiger partial charge in [0.25, 0.3) is 5.69 Å². The Hall–Kier alpha value is -2.91. The van der Waals surface area contributed by atoms with Gasteiger partial charge >= 0.3 is 11.7 Å². The van der Waals surface area contributed by atoms with Gasteiger partial charge in [0.05, 0.1) is 21.5 Å². The van der Waals surface area contributed by atoms with Crippen molar-refractivity contribution in [2.45, 2.75) is 32.6 Å². The van der Waals surface area contributed by atoms with Crippen LogP contribution in [0.4, 0.5) is 15.8 Å². The van der Waals surface area contributed by atoms with E-state index in [0.29, 0.717) is 12.1 Å². The molecule has 0 aliphatic heterocycles. The lowest BCUT2D eigenvalue weighted by Crippen LogP contribution is -2.46. The van der Waals surface area contributed by atoms with Crippen LogP contribution in [0.1, 0.15) is 32.8 Å². The number of carboxylic acid groups (broad SMARTS) is 1. The molecule has 0 spiro atoms. The normalized spacial score (nSPS) is 13.4. The maximum absolute atomic E-state index is 14.0. The number of Topliss-reactive ketones (excluding diaryl/α,β-unsaturated/α-hetero) is 1. The third-order valence-electron chi connectivity index (χ3n) is 3.76. The van der Waals surface area contributed by atoms with Crippen LogP contribution in [0.3, 0.4) is 0 Å². The predicted molar refractivity (Wildman–Crippen MR) is 79.2 cm³/mol. The number of halogens is 1. The van der Waals surface area contributed by atoms with Crippen molar-refractivity contribution in [1.29, 1.82) is 0 Å². The van der Waals surface area contributed by atoms with Crippen molar-refractivity contribution in [3.63, 3.8) is 0 Å². The summed E-state index contributed by atoms with van der Waals surface area (Å²) in [7, 11) is 0. The van der Waals surface area contributed by atoms with Gasteiger partial charge in [0.2, 0.25) is 5.82 Å². The van der Waals surface area contributed by atoms with E-state index in [1.807, 2.05) is 0 Å². The van der Waals surface area contributed by atoms with E-state index in [0.717, 1.165) is 0 Å². The fourth-order valence-electron chi connectivity index (χ4n) is 2.55. The van der Waals surface area contributed by atoms with E-state index in [4.69, 9.17) is 0 Å². The minimum atomic E-state index is -2.37. The lowest BCUT2D eigenvalue weighted by atomic mass is 9.70. The molecule has 1 rings (SSSR count). The zero-order chi connectivity index (χ0) is 18.8. The van der Waals surface area contributed by atoms with Crippen LogP contribution in [-0.2, 0) is 15.0 Å². The third kappa shape index (κ3) is 2.94. The zero-order valence-corrected chi connectivity index (χ0v) is 13.1. The first kappa shape index (κ1) is 19.1. The van der Waals surface area contributed by atoms with E-state index in [1.165, 1.54) is 20.8 Å². The van der Waals surface area contributed by atoms with Gasteiger partial charge in [-0.25, -0.2) is 0 Å². The summed E-state index contributed by atoms with van der Waals surface area (Å²) in [5.74, 6) is -4.79. The number of rotatable bonds is 7. The molecule has 0 aromatic heterocycles. The van der Waals surface area contributed by atoms with Crippen LogP contribution in [-0.4, -0.2) is 26.7 Å². The molecule has 0 radical (unpaired) electrons. The number of aliphatic carboxylic acids is 1. The van der Waals surface area contributed by atoms with Crippen molar-refractivity contribution >= 4 is 23.1 Å². The molecule has 0 bridgehead atoms. The largest absolute Gasteiger partial charge is 0.480 e. The summed E-state index contributed by atoms with van der Waals surface area (Å²) in [5.41, 5.74) is -5.23. The molecule has 0 fully saturated rings. The molecule has 0 saturated carbocycles. The van der Waals surface area contributed by atoms with Crippen molar-refractivity contribution in [3.8, 4) is 0 Å². The van der Waals surface area contributed by atoms with Gasteiger partial charge in [0.15, 0.2) is 11.2 Å². The molecule has 9 nitrogen and oxygen atoms in total. The van der Waals surface area contributed by atoms with Crippen molar-refractivity contribution in [1.82, 2.24) is 0 Å². The van der Waals surface area contributed by atoms with Crippen LogP contribution in [0.25, 0.3) is 0 Å². The van der Waals surface area contributed by atoms with E-state index >= 15 is 0 Å². The van der Waals surface area contributed by atoms with Gasteiger partial charge in [-0.1, -0.05) is 20.8 Å². The minimum Gasteiger partial charge on any atom is -0.480 e. The van der Waals surface area contributed by atoms with Gasteiger partial charge in [-0.2, -0.15) is 4.39 Å². The van der Waals surface area contributed by atoms with Crippen LogP contribution in [0.15, 0.2) is 12.1 Å². The van der Waals surface area contributed by atoms with E-state index in [1.54, 1.807) is 0 Å². The van der Waals surface area contributed by atoms with Crippen LogP contribution in [0.5, 0.6) is 0 Å². The molecule has 1 aromatic rings. The van der Waals surface area contributed by atoms with Crippen LogP contribution >= 0.6 is 0 Å². The Balaban J connectivity index is 3.93. The number of nitro groups is 2. The molecule has 0 saturated heterocycles. The summed E-state index contributed by atoms with van der Waals surface area (Å²) < 4.78 is 14.0. The summed E-state index contributed by atoms with van der Waals surface area (Å²) in [6, 6.07) is 0.736. The number of hydrogen-bond acceptors (Lipinski definition) is 6. The fraction of sp³-hybridized carbons (Fsp3) is 0.429. The van der Waals surface area contributed by atoms with Gasteiger partial charge in [-0.15, -0.1) is 0 Å². The Labute approximate surface area is 135 Å². The van der Waals surface area contributed by atoms with Crippen LogP contribution in [0.2, 0.25) is 0 Å². The standard InChI is InChI=1S/C14H15FN2O7/c1-4-14(13(19)20,12(18)7(2)3)8-5-9(15)11(17(23)24)6-10(8)16(21)22/h5-7H,4H2,1-3H3,(H,19,20). The first-order valence-electron chi connectivity index (χ1n) is 6.91. The fourth-order valence-corrected chi connectivity index (χ4v) is 2.55. The quantitative estimate of drug-likeness (QED) is 0.456. The Morgan fingerprint density at radius 1 is 1.21 bits per heavy atom. The Kier molecular flexibility index (Phi) is 5.33. The monoisotopic (exact) mass is 342 g/mol. The number of benzene rings is 1. The molecule has 0 aliphatic rings. The van der Waals surface area contributed by atoms with Crippen LogP contribution in [0, 0.1) is 32.0 Å². The molecular weight excluding hydrogens is 327 g/mol. The highest BCUT2D eigenvalue weighted by Gasteiger charge is 2.51. The maximum atomic E-state index is 14.0. The number of nitro benzene ring substituents is 2. The third-order valence-corrected chi connectivity index (χ3v) is 3.76. The zero-order valence-electron chi connectivity index (χ0n) is 13.1. The second kappa shape index (κ2) is 6.69. The molecule has 10 heteroatoms. The molecule has 0 heterocycles. The Morgan fingerprint density at radius 3 is 2.04 bits per heavy atom. The molecule has 1 atom stereocenters. The molecule has 0 aliphatic carbocycles. The highest BCUT2D eigenvalue weighted by molar-refractivity contribution is 6.10. The molecule has 1 unspecified atom stereocenters. The summed E-state index contributed by atoms with van der Waals surface area (Å²) in [4.78, 5) is 44.1. The number of hydrogen-bond donors (Lipinski definition) is 1. The summed E-state index contributed by atoms with van der Waals surface area (Å²) in [6.07, 6.45) is -0.378. The first-order chi connectivity index (χ1) is 11.0. The smallest absolute Gasteiger partial charge is 0.322 e. The highest BCUT2D eigenvalue weighted by Crippen LogP contribution is 2.40. The number of carbonyl (C=O) groups is 2. The summed E-state index contributed by atoms with van der Waals surface area (Å²) in [5, 5.41) is 31.6. The lowest BCUT2D eigenvalue weighted by Gasteiger charge is -2.28. The van der Waals surface area contributed by atoms with Gasteiger partial charge in [0, 0.05) is 5.92 Å². The summed E-state index contributed by atoms with van der Waals surface area (Å²) in [6.45, 7) is 4.13. The molecule has 0 amide bonds. The van der Waals surface area contributed by atoms with Crippen molar-refractivity contribution in [3.05, 3.63) is 43.7 Å². The Morgan fingerprint density at radius 2 is 1.71 bits per heavy atom.